The Morgan fingerprint density at radius 3 is 2.84 bits per heavy atom. The number of hydrogen-bond donors (Lipinski definition) is 1. The van der Waals surface area contributed by atoms with Crippen molar-refractivity contribution in [3.63, 3.8) is 0 Å². The number of rotatable bonds is 2. The number of anilines is 1. The van der Waals surface area contributed by atoms with Crippen LogP contribution in [0.5, 0.6) is 0 Å². The SMILES string of the molecule is Cc1cccc(C(=O)Nc2cc(Br)cnc2Cl)c1Br. The zero-order valence-electron chi connectivity index (χ0n) is 9.88. The van der Waals surface area contributed by atoms with Gasteiger partial charge in [0.2, 0.25) is 0 Å². The molecule has 1 heterocycles. The lowest BCUT2D eigenvalue weighted by Crippen LogP contribution is -2.13. The number of hydrogen-bond acceptors (Lipinski definition) is 2. The lowest BCUT2D eigenvalue weighted by Gasteiger charge is -2.09. The molecule has 0 atom stereocenters. The molecule has 2 aromatic rings. The van der Waals surface area contributed by atoms with E-state index < -0.39 is 0 Å². The highest BCUT2D eigenvalue weighted by atomic mass is 79.9. The molecule has 0 unspecified atom stereocenters. The second-order valence-corrected chi connectivity index (χ2v) is 5.95. The zero-order chi connectivity index (χ0) is 14.0. The summed E-state index contributed by atoms with van der Waals surface area (Å²) in [5.41, 5.74) is 2.01. The zero-order valence-corrected chi connectivity index (χ0v) is 13.8. The van der Waals surface area contributed by atoms with Gasteiger partial charge in [0.15, 0.2) is 5.15 Å². The van der Waals surface area contributed by atoms with Gasteiger partial charge in [0.1, 0.15) is 0 Å². The summed E-state index contributed by atoms with van der Waals surface area (Å²) in [5, 5.41) is 2.99. The van der Waals surface area contributed by atoms with Crippen LogP contribution >= 0.6 is 43.5 Å². The Balaban J connectivity index is 2.31. The topological polar surface area (TPSA) is 42.0 Å². The van der Waals surface area contributed by atoms with Gasteiger partial charge in [0.05, 0.1) is 11.3 Å². The van der Waals surface area contributed by atoms with Crippen molar-refractivity contribution in [3.8, 4) is 0 Å². The molecule has 0 fully saturated rings. The predicted molar refractivity (Wildman–Crippen MR) is 83.8 cm³/mol. The number of halogens is 3. The lowest BCUT2D eigenvalue weighted by atomic mass is 10.1. The number of amides is 1. The molecule has 19 heavy (non-hydrogen) atoms. The Morgan fingerprint density at radius 2 is 2.11 bits per heavy atom. The summed E-state index contributed by atoms with van der Waals surface area (Å²) in [6.07, 6.45) is 1.57. The molecule has 0 aliphatic rings. The molecule has 3 nitrogen and oxygen atoms in total. The Bertz CT molecular complexity index is 647. The van der Waals surface area contributed by atoms with Gasteiger partial charge < -0.3 is 5.32 Å². The number of carbonyl (C=O) groups is 1. The molecular formula is C13H9Br2ClN2O. The van der Waals surface area contributed by atoms with Gasteiger partial charge in [-0.25, -0.2) is 4.98 Å². The fourth-order valence-corrected chi connectivity index (χ4v) is 2.45. The summed E-state index contributed by atoms with van der Waals surface area (Å²) in [7, 11) is 0. The van der Waals surface area contributed by atoms with Crippen molar-refractivity contribution in [1.29, 1.82) is 0 Å². The first-order chi connectivity index (χ1) is 8.99. The van der Waals surface area contributed by atoms with Gasteiger partial charge >= 0.3 is 0 Å². The van der Waals surface area contributed by atoms with E-state index in [2.05, 4.69) is 42.2 Å². The molecule has 6 heteroatoms. The number of benzene rings is 1. The van der Waals surface area contributed by atoms with E-state index in [1.54, 1.807) is 18.3 Å². The molecule has 0 aliphatic carbocycles. The quantitative estimate of drug-likeness (QED) is 0.729. The maximum absolute atomic E-state index is 12.2. The fraction of sp³-hybridized carbons (Fsp3) is 0.0769. The lowest BCUT2D eigenvalue weighted by molar-refractivity contribution is 0.102. The van der Waals surface area contributed by atoms with Gasteiger partial charge in [-0.2, -0.15) is 0 Å². The first-order valence-corrected chi connectivity index (χ1v) is 7.33. The first-order valence-electron chi connectivity index (χ1n) is 5.36. The van der Waals surface area contributed by atoms with E-state index in [9.17, 15) is 4.79 Å². The molecular weight excluding hydrogens is 395 g/mol. The number of pyridine rings is 1. The van der Waals surface area contributed by atoms with Crippen molar-refractivity contribution >= 4 is 55.1 Å². The third kappa shape index (κ3) is 3.35. The minimum absolute atomic E-state index is 0.239. The number of aromatic nitrogens is 1. The van der Waals surface area contributed by atoms with Crippen LogP contribution in [0.15, 0.2) is 39.4 Å². The Kier molecular flexibility index (Phi) is 4.60. The summed E-state index contributed by atoms with van der Waals surface area (Å²) in [4.78, 5) is 16.2. The van der Waals surface area contributed by atoms with Crippen LogP contribution in [0.1, 0.15) is 15.9 Å². The molecule has 0 spiro atoms. The molecule has 1 aromatic heterocycles. The van der Waals surface area contributed by atoms with Gasteiger partial charge in [0, 0.05) is 15.1 Å². The first kappa shape index (κ1) is 14.5. The summed E-state index contributed by atoms with van der Waals surface area (Å²) in [6.45, 7) is 1.93. The minimum Gasteiger partial charge on any atom is -0.319 e. The van der Waals surface area contributed by atoms with Crippen LogP contribution < -0.4 is 5.32 Å². The number of aryl methyl sites for hydroxylation is 1. The largest absolute Gasteiger partial charge is 0.319 e. The number of carbonyl (C=O) groups excluding carboxylic acids is 1. The van der Waals surface area contributed by atoms with Gasteiger partial charge in [-0.1, -0.05) is 23.7 Å². The highest BCUT2D eigenvalue weighted by Gasteiger charge is 2.13. The van der Waals surface area contributed by atoms with Crippen LogP contribution in [0.25, 0.3) is 0 Å². The number of nitrogens with one attached hydrogen (secondary N) is 1. The second kappa shape index (κ2) is 6.03. The molecule has 0 saturated carbocycles. The van der Waals surface area contributed by atoms with Crippen molar-refractivity contribution in [2.45, 2.75) is 6.92 Å². The van der Waals surface area contributed by atoms with Crippen LogP contribution in [0.2, 0.25) is 5.15 Å². The highest BCUT2D eigenvalue weighted by Crippen LogP contribution is 2.26. The van der Waals surface area contributed by atoms with E-state index in [1.807, 2.05) is 19.1 Å². The van der Waals surface area contributed by atoms with E-state index in [1.165, 1.54) is 0 Å². The molecule has 0 radical (unpaired) electrons. The summed E-state index contributed by atoms with van der Waals surface area (Å²) < 4.78 is 1.52. The Hall–Kier alpha value is -0.910. The molecule has 1 N–H and O–H groups in total. The third-order valence-corrected chi connectivity index (χ3v) is 4.28. The summed E-state index contributed by atoms with van der Waals surface area (Å²) in [6, 6.07) is 7.20. The van der Waals surface area contributed by atoms with E-state index in [0.29, 0.717) is 11.3 Å². The fourth-order valence-electron chi connectivity index (χ4n) is 1.52. The predicted octanol–water partition coefficient (Wildman–Crippen LogP) is 4.82. The number of nitrogens with zero attached hydrogens (tertiary/aromatic N) is 1. The Morgan fingerprint density at radius 1 is 1.37 bits per heavy atom. The molecule has 1 aromatic carbocycles. The van der Waals surface area contributed by atoms with Crippen molar-refractivity contribution in [2.24, 2.45) is 0 Å². The van der Waals surface area contributed by atoms with Crippen molar-refractivity contribution in [1.82, 2.24) is 4.98 Å². The second-order valence-electron chi connectivity index (χ2n) is 3.88. The monoisotopic (exact) mass is 402 g/mol. The Labute approximate surface area is 132 Å². The highest BCUT2D eigenvalue weighted by molar-refractivity contribution is 9.10. The van der Waals surface area contributed by atoms with E-state index in [-0.39, 0.29) is 11.1 Å². The standard InChI is InChI=1S/C13H9Br2ClN2O/c1-7-3-2-4-9(11(7)15)13(19)18-10-5-8(14)6-17-12(10)16/h2-6H,1H3,(H,18,19). The maximum Gasteiger partial charge on any atom is 0.256 e. The summed E-state index contributed by atoms with van der Waals surface area (Å²) >= 11 is 12.6. The molecule has 2 rings (SSSR count). The van der Waals surface area contributed by atoms with Crippen LogP contribution in [0, 0.1) is 6.92 Å². The van der Waals surface area contributed by atoms with Crippen molar-refractivity contribution in [3.05, 3.63) is 55.7 Å². The van der Waals surface area contributed by atoms with Gasteiger partial charge in [-0.15, -0.1) is 0 Å². The van der Waals surface area contributed by atoms with E-state index >= 15 is 0 Å². The normalized spacial score (nSPS) is 10.3. The average Bonchev–Trinajstić information content (AvgIpc) is 2.37. The third-order valence-electron chi connectivity index (χ3n) is 2.49. The average molecular weight is 404 g/mol. The minimum atomic E-state index is -0.239. The molecule has 1 amide bonds. The van der Waals surface area contributed by atoms with Crippen LogP contribution in [0.3, 0.4) is 0 Å². The smallest absolute Gasteiger partial charge is 0.256 e. The van der Waals surface area contributed by atoms with Crippen molar-refractivity contribution < 1.29 is 4.79 Å². The van der Waals surface area contributed by atoms with Crippen molar-refractivity contribution in [2.75, 3.05) is 5.32 Å². The van der Waals surface area contributed by atoms with Gasteiger partial charge in [0.25, 0.3) is 5.91 Å². The van der Waals surface area contributed by atoms with Crippen LogP contribution in [0.4, 0.5) is 5.69 Å². The van der Waals surface area contributed by atoms with E-state index in [0.717, 1.165) is 14.5 Å². The van der Waals surface area contributed by atoms with Gasteiger partial charge in [-0.05, 0) is 56.5 Å². The van der Waals surface area contributed by atoms with Crippen LogP contribution in [-0.4, -0.2) is 10.9 Å². The van der Waals surface area contributed by atoms with Crippen LogP contribution in [-0.2, 0) is 0 Å². The molecule has 0 saturated heterocycles. The molecule has 0 bridgehead atoms. The summed E-state index contributed by atoms with van der Waals surface area (Å²) in [5.74, 6) is -0.239. The molecule has 0 aliphatic heterocycles. The van der Waals surface area contributed by atoms with Gasteiger partial charge in [-0.3, -0.25) is 4.79 Å². The van der Waals surface area contributed by atoms with E-state index in [4.69, 9.17) is 11.6 Å². The molecule has 98 valence electrons. The maximum atomic E-state index is 12.2.